The fraction of sp³-hybridized carbons (Fsp3) is 0.700. The number of carboxylic acids is 1. The fourth-order valence-corrected chi connectivity index (χ4v) is 2.99. The third-order valence-corrected chi connectivity index (χ3v) is 4.72. The number of aliphatic imine (C=N–C) groups is 1. The quantitative estimate of drug-likeness (QED) is 0.0563. The van der Waals surface area contributed by atoms with E-state index in [1.807, 2.05) is 13.8 Å². The summed E-state index contributed by atoms with van der Waals surface area (Å²) in [4.78, 5) is 64.4. The van der Waals surface area contributed by atoms with Gasteiger partial charge in [0.15, 0.2) is 5.96 Å². The van der Waals surface area contributed by atoms with Gasteiger partial charge >= 0.3 is 5.97 Å². The van der Waals surface area contributed by atoms with Crippen LogP contribution in [0.4, 0.5) is 0 Å². The lowest BCUT2D eigenvalue weighted by atomic mass is 10.0. The second-order valence-corrected chi connectivity index (χ2v) is 8.54. The maximum Gasteiger partial charge on any atom is 0.326 e. The summed E-state index contributed by atoms with van der Waals surface area (Å²) >= 11 is 0. The minimum absolute atomic E-state index is 0.0353. The zero-order valence-corrected chi connectivity index (χ0v) is 20.2. The van der Waals surface area contributed by atoms with E-state index in [0.29, 0.717) is 6.42 Å². The second-order valence-electron chi connectivity index (χ2n) is 8.54. The normalized spacial score (nSPS) is 15.1. The minimum atomic E-state index is -1.60. The number of nitrogens with two attached hydrogens (primary N) is 4. The first-order valence-electron chi connectivity index (χ1n) is 11.1. The molecule has 0 fully saturated rings. The monoisotopic (exact) mass is 502 g/mol. The average Bonchev–Trinajstić information content (AvgIpc) is 2.71. The van der Waals surface area contributed by atoms with E-state index >= 15 is 0 Å². The number of hydrogen-bond donors (Lipinski definition) is 9. The molecule has 0 aliphatic carbocycles. The van der Waals surface area contributed by atoms with Gasteiger partial charge in [-0.2, -0.15) is 0 Å². The van der Waals surface area contributed by atoms with E-state index in [1.165, 1.54) is 6.92 Å². The summed E-state index contributed by atoms with van der Waals surface area (Å²) in [6, 6.07) is -5.38. The third-order valence-electron chi connectivity index (χ3n) is 4.72. The first kappa shape index (κ1) is 31.5. The van der Waals surface area contributed by atoms with Crippen LogP contribution in [0, 0.1) is 5.92 Å². The molecule has 0 rings (SSSR count). The zero-order valence-electron chi connectivity index (χ0n) is 20.2. The Balaban J connectivity index is 5.39. The van der Waals surface area contributed by atoms with Crippen molar-refractivity contribution in [3.05, 3.63) is 0 Å². The number of primary amides is 1. The number of amides is 4. The molecule has 0 saturated heterocycles. The number of carbonyl (C=O) groups is 5. The van der Waals surface area contributed by atoms with Crippen molar-refractivity contribution < 1.29 is 34.2 Å². The summed E-state index contributed by atoms with van der Waals surface area (Å²) in [5, 5.41) is 26.2. The smallest absolute Gasteiger partial charge is 0.326 e. The molecule has 0 bridgehead atoms. The molecule has 0 aliphatic heterocycles. The van der Waals surface area contributed by atoms with E-state index in [-0.39, 0.29) is 31.3 Å². The van der Waals surface area contributed by atoms with Gasteiger partial charge in [0.05, 0.1) is 18.6 Å². The maximum absolute atomic E-state index is 12.8. The summed E-state index contributed by atoms with van der Waals surface area (Å²) in [6.07, 6.45) is -1.54. The van der Waals surface area contributed by atoms with Crippen molar-refractivity contribution in [1.29, 1.82) is 0 Å². The van der Waals surface area contributed by atoms with Crippen molar-refractivity contribution in [1.82, 2.24) is 16.0 Å². The Hall–Kier alpha value is -3.46. The van der Waals surface area contributed by atoms with Gasteiger partial charge in [0.25, 0.3) is 0 Å². The van der Waals surface area contributed by atoms with Crippen LogP contribution in [0.1, 0.15) is 46.5 Å². The van der Waals surface area contributed by atoms with Gasteiger partial charge < -0.3 is 49.1 Å². The number of nitrogens with zero attached hydrogens (tertiary/aromatic N) is 1. The predicted octanol–water partition coefficient (Wildman–Crippen LogP) is -3.79. The lowest BCUT2D eigenvalue weighted by Gasteiger charge is -2.26. The Labute approximate surface area is 203 Å². The molecule has 4 amide bonds. The fourth-order valence-electron chi connectivity index (χ4n) is 2.99. The Morgan fingerprint density at radius 1 is 0.886 bits per heavy atom. The molecule has 15 nitrogen and oxygen atoms in total. The number of aliphatic hydroxyl groups excluding tert-OH is 1. The van der Waals surface area contributed by atoms with Crippen molar-refractivity contribution in [3.63, 3.8) is 0 Å². The summed E-state index contributed by atoms with van der Waals surface area (Å²) in [5.74, 6) is -5.03. The first-order valence-corrected chi connectivity index (χ1v) is 11.1. The van der Waals surface area contributed by atoms with Crippen molar-refractivity contribution >= 4 is 35.6 Å². The van der Waals surface area contributed by atoms with Gasteiger partial charge in [0.1, 0.15) is 18.1 Å². The Morgan fingerprint density at radius 3 is 1.91 bits per heavy atom. The highest BCUT2D eigenvalue weighted by Gasteiger charge is 2.33. The molecule has 0 aromatic rings. The van der Waals surface area contributed by atoms with E-state index in [1.54, 1.807) is 0 Å². The number of hydrogen-bond acceptors (Lipinski definition) is 8. The molecule has 0 saturated carbocycles. The number of aliphatic carboxylic acids is 1. The van der Waals surface area contributed by atoms with Crippen LogP contribution in [0.2, 0.25) is 0 Å². The van der Waals surface area contributed by atoms with Crippen LogP contribution in [-0.4, -0.2) is 82.6 Å². The lowest BCUT2D eigenvalue weighted by Crippen LogP contribution is -2.60. The molecule has 0 spiro atoms. The molecule has 0 aliphatic rings. The molecular formula is C20H38N8O7. The van der Waals surface area contributed by atoms with E-state index in [9.17, 15) is 34.2 Å². The SMILES string of the molecule is CC(C)CC(N)C(=O)NC(CC(N)=O)C(=O)NC(C(=O)NC(CCCN=C(N)N)C(=O)O)C(C)O. The molecule has 13 N–H and O–H groups in total. The highest BCUT2D eigenvalue weighted by molar-refractivity contribution is 5.96. The van der Waals surface area contributed by atoms with Gasteiger partial charge in [-0.25, -0.2) is 4.79 Å². The van der Waals surface area contributed by atoms with Crippen LogP contribution in [0.25, 0.3) is 0 Å². The van der Waals surface area contributed by atoms with Crippen LogP contribution in [0.3, 0.4) is 0 Å². The molecule has 0 aromatic carbocycles. The van der Waals surface area contributed by atoms with E-state index in [0.717, 1.165) is 0 Å². The van der Waals surface area contributed by atoms with E-state index in [2.05, 4.69) is 20.9 Å². The van der Waals surface area contributed by atoms with Crippen molar-refractivity contribution in [2.75, 3.05) is 6.54 Å². The summed E-state index contributed by atoms with van der Waals surface area (Å²) in [6.45, 7) is 5.01. The molecule has 0 radical (unpaired) electrons. The third kappa shape index (κ3) is 13.1. The summed E-state index contributed by atoms with van der Waals surface area (Å²) < 4.78 is 0. The van der Waals surface area contributed by atoms with Gasteiger partial charge in [-0.1, -0.05) is 13.8 Å². The maximum atomic E-state index is 12.8. The average molecular weight is 503 g/mol. The number of carbonyl (C=O) groups excluding carboxylic acids is 4. The molecule has 35 heavy (non-hydrogen) atoms. The van der Waals surface area contributed by atoms with Gasteiger partial charge in [-0.15, -0.1) is 0 Å². The molecule has 0 aromatic heterocycles. The van der Waals surface area contributed by atoms with Crippen LogP contribution in [0.15, 0.2) is 4.99 Å². The van der Waals surface area contributed by atoms with Crippen LogP contribution >= 0.6 is 0 Å². The van der Waals surface area contributed by atoms with Crippen LogP contribution in [0.5, 0.6) is 0 Å². The molecular weight excluding hydrogens is 464 g/mol. The first-order chi connectivity index (χ1) is 16.1. The van der Waals surface area contributed by atoms with Crippen molar-refractivity contribution in [2.45, 2.75) is 76.7 Å². The standard InChI is InChI=1S/C20H38N8O7/c1-9(2)7-11(21)16(31)27-13(8-14(22)30)17(32)28-15(10(3)29)18(33)26-12(19(34)35)5-4-6-25-20(23)24/h9-13,15,29H,4-8,21H2,1-3H3,(H2,22,30)(H,26,33)(H,27,31)(H,28,32)(H,34,35)(H4,23,24,25). The van der Waals surface area contributed by atoms with E-state index in [4.69, 9.17) is 22.9 Å². The largest absolute Gasteiger partial charge is 0.480 e. The lowest BCUT2D eigenvalue weighted by molar-refractivity contribution is -0.143. The topological polar surface area (TPSA) is 278 Å². The Morgan fingerprint density at radius 2 is 1.46 bits per heavy atom. The molecule has 0 heterocycles. The van der Waals surface area contributed by atoms with Gasteiger partial charge in [-0.05, 0) is 32.1 Å². The Kier molecular flexibility index (Phi) is 13.9. The molecule has 5 unspecified atom stereocenters. The summed E-state index contributed by atoms with van der Waals surface area (Å²) in [5.41, 5.74) is 21.4. The summed E-state index contributed by atoms with van der Waals surface area (Å²) in [7, 11) is 0. The van der Waals surface area contributed by atoms with Crippen molar-refractivity contribution in [3.8, 4) is 0 Å². The number of carboxylic acid groups (broad SMARTS) is 1. The number of nitrogens with one attached hydrogen (secondary N) is 3. The van der Waals surface area contributed by atoms with Crippen LogP contribution < -0.4 is 38.9 Å². The van der Waals surface area contributed by atoms with Gasteiger partial charge in [-0.3, -0.25) is 24.2 Å². The number of guanidine groups is 1. The molecule has 15 heteroatoms. The zero-order chi connectivity index (χ0) is 27.3. The van der Waals surface area contributed by atoms with Crippen molar-refractivity contribution in [2.24, 2.45) is 33.8 Å². The van der Waals surface area contributed by atoms with Crippen LogP contribution in [-0.2, 0) is 24.0 Å². The number of rotatable bonds is 16. The minimum Gasteiger partial charge on any atom is -0.480 e. The van der Waals surface area contributed by atoms with E-state index < -0.39 is 66.3 Å². The second kappa shape index (κ2) is 15.4. The Bertz CT molecular complexity index is 783. The molecule has 5 atom stereocenters. The van der Waals surface area contributed by atoms with Gasteiger partial charge in [0.2, 0.25) is 23.6 Å². The highest BCUT2D eigenvalue weighted by atomic mass is 16.4. The molecule has 200 valence electrons. The van der Waals surface area contributed by atoms with Gasteiger partial charge in [0, 0.05) is 6.54 Å². The highest BCUT2D eigenvalue weighted by Crippen LogP contribution is 2.05. The number of aliphatic hydroxyl groups is 1. The predicted molar refractivity (Wildman–Crippen MR) is 126 cm³/mol.